The van der Waals surface area contributed by atoms with Crippen molar-refractivity contribution in [3.8, 4) is 0 Å². The monoisotopic (exact) mass is 422 g/mol. The Bertz CT molecular complexity index is 1190. The van der Waals surface area contributed by atoms with Crippen LogP contribution in [0.3, 0.4) is 0 Å². The van der Waals surface area contributed by atoms with Crippen molar-refractivity contribution in [2.24, 2.45) is 0 Å². The Morgan fingerprint density at radius 1 is 1.13 bits per heavy atom. The molecule has 0 saturated carbocycles. The highest BCUT2D eigenvalue weighted by Crippen LogP contribution is 2.49. The lowest BCUT2D eigenvalue weighted by Crippen LogP contribution is -2.45. The van der Waals surface area contributed by atoms with Gasteiger partial charge in [-0.1, -0.05) is 18.2 Å². The van der Waals surface area contributed by atoms with E-state index in [0.29, 0.717) is 11.5 Å². The fraction of sp³-hybridized carbons (Fsp3) is 0.478. The molecule has 0 bridgehead atoms. The van der Waals surface area contributed by atoms with Gasteiger partial charge in [0.2, 0.25) is 0 Å². The SMILES string of the molecule is CC1(C)O[C@@H]2[C@H](O1)[C@@H]([C@](C)(O)c1ccc3c(c1)CC3)O[C@@H]2n1ccc2c(N)ncnc21. The number of aromatic nitrogens is 3. The van der Waals surface area contributed by atoms with Crippen molar-refractivity contribution in [1.29, 1.82) is 0 Å². The number of rotatable bonds is 3. The van der Waals surface area contributed by atoms with Crippen molar-refractivity contribution < 1.29 is 19.3 Å². The van der Waals surface area contributed by atoms with Crippen LogP contribution in [0, 0.1) is 0 Å². The van der Waals surface area contributed by atoms with E-state index in [1.807, 2.05) is 36.7 Å². The first-order valence-corrected chi connectivity index (χ1v) is 10.7. The highest BCUT2D eigenvalue weighted by atomic mass is 16.8. The van der Waals surface area contributed by atoms with Crippen LogP contribution in [0.4, 0.5) is 5.82 Å². The predicted octanol–water partition coefficient (Wildman–Crippen LogP) is 2.44. The average Bonchev–Trinajstić information content (AvgIpc) is 3.34. The Hall–Kier alpha value is -2.52. The molecule has 4 heterocycles. The molecule has 31 heavy (non-hydrogen) atoms. The van der Waals surface area contributed by atoms with E-state index in [2.05, 4.69) is 22.1 Å². The van der Waals surface area contributed by atoms with Crippen molar-refractivity contribution in [3.63, 3.8) is 0 Å². The lowest BCUT2D eigenvalue weighted by atomic mass is 9.81. The van der Waals surface area contributed by atoms with Crippen LogP contribution in [0.2, 0.25) is 0 Å². The zero-order chi connectivity index (χ0) is 21.5. The zero-order valence-electron chi connectivity index (χ0n) is 17.8. The third-order valence-electron chi connectivity index (χ3n) is 6.85. The average molecular weight is 422 g/mol. The summed E-state index contributed by atoms with van der Waals surface area (Å²) in [5, 5.41) is 12.4. The lowest BCUT2D eigenvalue weighted by Gasteiger charge is -2.35. The Kier molecular flexibility index (Phi) is 3.87. The number of hydrogen-bond donors (Lipinski definition) is 2. The summed E-state index contributed by atoms with van der Waals surface area (Å²) in [7, 11) is 0. The van der Waals surface area contributed by atoms with Crippen LogP contribution in [0.25, 0.3) is 11.0 Å². The summed E-state index contributed by atoms with van der Waals surface area (Å²) in [5.74, 6) is -0.379. The van der Waals surface area contributed by atoms with Crippen molar-refractivity contribution in [2.45, 2.75) is 69.5 Å². The van der Waals surface area contributed by atoms with Gasteiger partial charge in [0.25, 0.3) is 0 Å². The second-order valence-electron chi connectivity index (χ2n) is 9.36. The number of anilines is 1. The van der Waals surface area contributed by atoms with Crippen molar-refractivity contribution >= 4 is 16.9 Å². The summed E-state index contributed by atoms with van der Waals surface area (Å²) in [5.41, 5.74) is 8.88. The second kappa shape index (κ2) is 6.26. The molecule has 3 aromatic rings. The molecule has 0 radical (unpaired) electrons. The normalized spacial score (nSPS) is 30.6. The quantitative estimate of drug-likeness (QED) is 0.668. The molecule has 3 N–H and O–H groups in total. The van der Waals surface area contributed by atoms with Crippen LogP contribution in [-0.4, -0.2) is 43.7 Å². The fourth-order valence-electron chi connectivity index (χ4n) is 5.12. The van der Waals surface area contributed by atoms with Gasteiger partial charge in [-0.3, -0.25) is 0 Å². The van der Waals surface area contributed by atoms with Gasteiger partial charge in [0.15, 0.2) is 12.0 Å². The summed E-state index contributed by atoms with van der Waals surface area (Å²) in [6.45, 7) is 5.56. The molecule has 0 unspecified atom stereocenters. The Labute approximate surface area is 180 Å². The molecule has 5 atom stereocenters. The van der Waals surface area contributed by atoms with Crippen molar-refractivity contribution in [2.75, 3.05) is 5.73 Å². The van der Waals surface area contributed by atoms with Crippen molar-refractivity contribution in [3.05, 3.63) is 53.5 Å². The molecule has 2 aromatic heterocycles. The van der Waals surface area contributed by atoms with Crippen LogP contribution in [0.15, 0.2) is 36.8 Å². The predicted molar refractivity (Wildman–Crippen MR) is 113 cm³/mol. The summed E-state index contributed by atoms with van der Waals surface area (Å²) in [6.07, 6.45) is 3.44. The van der Waals surface area contributed by atoms with Gasteiger partial charge in [-0.2, -0.15) is 0 Å². The number of nitrogen functional groups attached to an aromatic ring is 1. The minimum absolute atomic E-state index is 0.410. The number of nitrogens with zero attached hydrogens (tertiary/aromatic N) is 3. The molecule has 2 saturated heterocycles. The van der Waals surface area contributed by atoms with E-state index in [1.54, 1.807) is 6.92 Å². The standard InChI is InChI=1S/C23H26N4O4/c1-22(2)30-16-17(31-22)21(27-9-8-15-19(24)25-11-26-20(15)27)29-18(16)23(3,28)14-7-6-12-4-5-13(12)10-14/h6-11,16-18,21,28H,4-5H2,1-3H3,(H2,24,25,26)/t16-,17+,18-,21-,23+/m0/s1. The number of aryl methyl sites for hydroxylation is 2. The number of aliphatic hydroxyl groups is 1. The molecule has 2 fully saturated rings. The Balaban J connectivity index is 1.42. The topological polar surface area (TPSA) is 105 Å². The molecule has 1 aliphatic carbocycles. The maximum absolute atomic E-state index is 11.7. The summed E-state index contributed by atoms with van der Waals surface area (Å²) >= 11 is 0. The van der Waals surface area contributed by atoms with Gasteiger partial charge in [0, 0.05) is 6.20 Å². The van der Waals surface area contributed by atoms with E-state index in [0.717, 1.165) is 23.8 Å². The molecular weight excluding hydrogens is 396 g/mol. The summed E-state index contributed by atoms with van der Waals surface area (Å²) < 4.78 is 20.9. The minimum Gasteiger partial charge on any atom is -0.383 e. The van der Waals surface area contributed by atoms with E-state index in [4.69, 9.17) is 19.9 Å². The molecule has 6 rings (SSSR count). The molecule has 0 amide bonds. The molecule has 2 aliphatic heterocycles. The summed E-state index contributed by atoms with van der Waals surface area (Å²) in [6, 6.07) is 8.04. The van der Waals surface area contributed by atoms with E-state index < -0.39 is 35.9 Å². The molecule has 1 aromatic carbocycles. The third kappa shape index (κ3) is 2.75. The minimum atomic E-state index is -1.26. The van der Waals surface area contributed by atoms with Crippen LogP contribution in [0.5, 0.6) is 0 Å². The molecule has 8 heteroatoms. The van der Waals surface area contributed by atoms with Gasteiger partial charge >= 0.3 is 0 Å². The van der Waals surface area contributed by atoms with E-state index in [1.165, 1.54) is 17.5 Å². The molecular formula is C23H26N4O4. The van der Waals surface area contributed by atoms with Crippen LogP contribution < -0.4 is 5.73 Å². The number of ether oxygens (including phenoxy) is 3. The highest BCUT2D eigenvalue weighted by molar-refractivity contribution is 5.86. The van der Waals surface area contributed by atoms with Gasteiger partial charge in [0.1, 0.15) is 41.7 Å². The zero-order valence-corrected chi connectivity index (χ0v) is 17.8. The van der Waals surface area contributed by atoms with Crippen LogP contribution >= 0.6 is 0 Å². The Morgan fingerprint density at radius 3 is 2.65 bits per heavy atom. The van der Waals surface area contributed by atoms with Crippen LogP contribution in [0.1, 0.15) is 43.7 Å². The number of benzene rings is 1. The van der Waals surface area contributed by atoms with Gasteiger partial charge < -0.3 is 29.6 Å². The molecule has 8 nitrogen and oxygen atoms in total. The first kappa shape index (κ1) is 19.2. The molecule has 3 aliphatic rings. The molecule has 162 valence electrons. The smallest absolute Gasteiger partial charge is 0.164 e. The third-order valence-corrected chi connectivity index (χ3v) is 6.85. The van der Waals surface area contributed by atoms with Gasteiger partial charge in [-0.25, -0.2) is 9.97 Å². The van der Waals surface area contributed by atoms with Gasteiger partial charge in [-0.05, 0) is 56.4 Å². The fourth-order valence-corrected chi connectivity index (χ4v) is 5.12. The van der Waals surface area contributed by atoms with E-state index in [9.17, 15) is 5.11 Å². The van der Waals surface area contributed by atoms with Gasteiger partial charge in [0.05, 0.1) is 5.39 Å². The lowest BCUT2D eigenvalue weighted by molar-refractivity contribution is -0.221. The highest BCUT2D eigenvalue weighted by Gasteiger charge is 2.60. The second-order valence-corrected chi connectivity index (χ2v) is 9.36. The molecule has 0 spiro atoms. The van der Waals surface area contributed by atoms with Crippen molar-refractivity contribution in [1.82, 2.24) is 14.5 Å². The summed E-state index contributed by atoms with van der Waals surface area (Å²) in [4.78, 5) is 8.47. The first-order chi connectivity index (χ1) is 14.7. The number of hydrogen-bond acceptors (Lipinski definition) is 7. The van der Waals surface area contributed by atoms with Crippen LogP contribution in [-0.2, 0) is 32.7 Å². The van der Waals surface area contributed by atoms with E-state index >= 15 is 0 Å². The van der Waals surface area contributed by atoms with E-state index in [-0.39, 0.29) is 0 Å². The first-order valence-electron chi connectivity index (χ1n) is 10.7. The largest absolute Gasteiger partial charge is 0.383 e. The maximum Gasteiger partial charge on any atom is 0.164 e. The maximum atomic E-state index is 11.7. The number of nitrogens with two attached hydrogens (primary N) is 1. The van der Waals surface area contributed by atoms with Gasteiger partial charge in [-0.15, -0.1) is 0 Å². The Morgan fingerprint density at radius 2 is 1.90 bits per heavy atom. The number of fused-ring (bicyclic) bond motifs is 3.